The molecule has 0 aromatic carbocycles. The van der Waals surface area contributed by atoms with Crippen LogP contribution in [0.15, 0.2) is 134 Å². The van der Waals surface area contributed by atoms with Crippen molar-refractivity contribution >= 4 is 17.9 Å². The van der Waals surface area contributed by atoms with Gasteiger partial charge in [0.05, 0.1) is 0 Å². The Hall–Kier alpha value is -4.45. The van der Waals surface area contributed by atoms with Gasteiger partial charge in [0.2, 0.25) is 0 Å². The van der Waals surface area contributed by atoms with Crippen molar-refractivity contribution in [3.63, 3.8) is 0 Å². The Bertz CT molecular complexity index is 1500. The van der Waals surface area contributed by atoms with Crippen molar-refractivity contribution in [3.8, 4) is 0 Å². The van der Waals surface area contributed by atoms with E-state index in [2.05, 4.69) is 142 Å². The lowest BCUT2D eigenvalue weighted by atomic mass is 10.1. The number of carbonyl (C=O) groups excluding carboxylic acids is 3. The molecule has 0 aromatic heterocycles. The van der Waals surface area contributed by atoms with Crippen molar-refractivity contribution in [2.24, 2.45) is 0 Å². The average molecular weight is 939 g/mol. The zero-order valence-electron chi connectivity index (χ0n) is 43.6. The molecular formula is C62H98O6. The van der Waals surface area contributed by atoms with Crippen LogP contribution in [0.1, 0.15) is 220 Å². The fraction of sp³-hybridized carbons (Fsp3) is 0.597. The number of carbonyl (C=O) groups is 3. The molecule has 0 aliphatic rings. The maximum atomic E-state index is 12.8. The Morgan fingerprint density at radius 3 is 1.00 bits per heavy atom. The highest BCUT2D eigenvalue weighted by atomic mass is 16.6. The van der Waals surface area contributed by atoms with E-state index in [0.29, 0.717) is 19.3 Å². The summed E-state index contributed by atoms with van der Waals surface area (Å²) in [6.07, 6.45) is 77.3. The van der Waals surface area contributed by atoms with Gasteiger partial charge < -0.3 is 14.2 Å². The molecule has 0 N–H and O–H groups in total. The Balaban J connectivity index is 4.56. The van der Waals surface area contributed by atoms with Gasteiger partial charge in [0.1, 0.15) is 13.2 Å². The Kier molecular flexibility index (Phi) is 51.5. The van der Waals surface area contributed by atoms with E-state index in [4.69, 9.17) is 14.2 Å². The molecule has 0 saturated carbocycles. The third kappa shape index (κ3) is 52.5. The van der Waals surface area contributed by atoms with Crippen LogP contribution >= 0.6 is 0 Å². The molecule has 0 bridgehead atoms. The van der Waals surface area contributed by atoms with Crippen LogP contribution in [0, 0.1) is 0 Å². The number of allylic oxidation sites excluding steroid dienone is 22. The SMILES string of the molecule is CC/C=C\C/C=C\C/C=C\C/C=C\C/C=C\C/C=C\CCC(=O)OCC(COC(=O)CCCCC/C=C\C/C=C\C/C=C\CC)OC(=O)CCCCCCCCC/C=C\C/C=C\CCCCCC. The molecule has 0 radical (unpaired) electrons. The maximum Gasteiger partial charge on any atom is 0.306 e. The maximum absolute atomic E-state index is 12.8. The first-order valence-electron chi connectivity index (χ1n) is 27.2. The number of rotatable bonds is 47. The van der Waals surface area contributed by atoms with Crippen molar-refractivity contribution in [2.45, 2.75) is 226 Å². The summed E-state index contributed by atoms with van der Waals surface area (Å²) in [5, 5.41) is 0. The van der Waals surface area contributed by atoms with Gasteiger partial charge in [0.25, 0.3) is 0 Å². The van der Waals surface area contributed by atoms with Crippen LogP contribution in [0.25, 0.3) is 0 Å². The van der Waals surface area contributed by atoms with E-state index < -0.39 is 6.10 Å². The molecule has 0 heterocycles. The predicted octanol–water partition coefficient (Wildman–Crippen LogP) is 18.3. The van der Waals surface area contributed by atoms with Gasteiger partial charge >= 0.3 is 17.9 Å². The van der Waals surface area contributed by atoms with E-state index in [-0.39, 0.29) is 37.5 Å². The second-order valence-corrected chi connectivity index (χ2v) is 17.4. The first kappa shape index (κ1) is 63.5. The van der Waals surface area contributed by atoms with Gasteiger partial charge in [0.15, 0.2) is 6.10 Å². The average Bonchev–Trinajstić information content (AvgIpc) is 3.34. The zero-order valence-corrected chi connectivity index (χ0v) is 43.6. The highest BCUT2D eigenvalue weighted by Gasteiger charge is 2.19. The molecule has 0 aromatic rings. The normalized spacial score (nSPS) is 13.2. The van der Waals surface area contributed by atoms with Gasteiger partial charge in [-0.05, 0) is 122 Å². The highest BCUT2D eigenvalue weighted by molar-refractivity contribution is 5.71. The highest BCUT2D eigenvalue weighted by Crippen LogP contribution is 2.13. The summed E-state index contributed by atoms with van der Waals surface area (Å²) in [5.74, 6) is -1.05. The molecule has 0 fully saturated rings. The minimum absolute atomic E-state index is 0.124. The van der Waals surface area contributed by atoms with Crippen LogP contribution in [0.5, 0.6) is 0 Å². The first-order valence-corrected chi connectivity index (χ1v) is 27.2. The molecule has 0 aliphatic carbocycles. The molecule has 68 heavy (non-hydrogen) atoms. The number of unbranched alkanes of at least 4 members (excludes halogenated alkanes) is 14. The van der Waals surface area contributed by atoms with Gasteiger partial charge in [0, 0.05) is 19.3 Å². The van der Waals surface area contributed by atoms with E-state index >= 15 is 0 Å². The lowest BCUT2D eigenvalue weighted by Crippen LogP contribution is -2.30. The third-order valence-corrected chi connectivity index (χ3v) is 10.9. The summed E-state index contributed by atoms with van der Waals surface area (Å²) in [6.45, 7) is 6.28. The van der Waals surface area contributed by atoms with Crippen molar-refractivity contribution in [1.29, 1.82) is 0 Å². The molecule has 382 valence electrons. The Labute approximate surface area is 417 Å². The molecule has 0 rings (SSSR count). The van der Waals surface area contributed by atoms with E-state index in [1.807, 2.05) is 12.2 Å². The van der Waals surface area contributed by atoms with Gasteiger partial charge in [-0.25, -0.2) is 0 Å². The second kappa shape index (κ2) is 55.1. The fourth-order valence-electron chi connectivity index (χ4n) is 6.86. The van der Waals surface area contributed by atoms with Crippen molar-refractivity contribution in [1.82, 2.24) is 0 Å². The molecule has 0 amide bonds. The largest absolute Gasteiger partial charge is 0.462 e. The van der Waals surface area contributed by atoms with E-state index in [0.717, 1.165) is 116 Å². The number of ether oxygens (including phenoxy) is 3. The zero-order chi connectivity index (χ0) is 49.3. The van der Waals surface area contributed by atoms with Crippen molar-refractivity contribution in [2.75, 3.05) is 13.2 Å². The predicted molar refractivity (Wildman–Crippen MR) is 292 cm³/mol. The molecule has 0 spiro atoms. The van der Waals surface area contributed by atoms with Gasteiger partial charge in [-0.15, -0.1) is 0 Å². The molecule has 1 atom stereocenters. The fourth-order valence-corrected chi connectivity index (χ4v) is 6.86. The summed E-state index contributed by atoms with van der Waals surface area (Å²) < 4.78 is 16.7. The van der Waals surface area contributed by atoms with Gasteiger partial charge in [-0.2, -0.15) is 0 Å². The second-order valence-electron chi connectivity index (χ2n) is 17.4. The van der Waals surface area contributed by atoms with Crippen molar-refractivity contribution < 1.29 is 28.6 Å². The molecular weight excluding hydrogens is 841 g/mol. The van der Waals surface area contributed by atoms with E-state index in [1.165, 1.54) is 57.8 Å². The van der Waals surface area contributed by atoms with E-state index in [1.54, 1.807) is 0 Å². The first-order chi connectivity index (χ1) is 33.5. The van der Waals surface area contributed by atoms with Gasteiger partial charge in [-0.3, -0.25) is 14.4 Å². The Morgan fingerprint density at radius 2 is 0.603 bits per heavy atom. The molecule has 1 unspecified atom stereocenters. The third-order valence-electron chi connectivity index (χ3n) is 10.9. The molecule has 0 aliphatic heterocycles. The van der Waals surface area contributed by atoms with Crippen LogP contribution in [-0.2, 0) is 28.6 Å². The minimum atomic E-state index is -0.830. The summed E-state index contributed by atoms with van der Waals surface area (Å²) in [6, 6.07) is 0. The molecule has 6 heteroatoms. The van der Waals surface area contributed by atoms with Gasteiger partial charge in [-0.1, -0.05) is 212 Å². The standard InChI is InChI=1S/C62H98O6/c1-4-7-10-13-16-19-22-25-27-29-31-33-34-37-40-43-46-49-52-55-61(64)67-58-59(57-66-60(63)54-51-48-45-42-39-36-24-21-18-15-12-9-6-3)68-62(65)56-53-50-47-44-41-38-35-32-30-28-26-23-20-17-14-11-8-5-2/h7,9-10,12,16,18-21,23,25,27-28,30-31,33,36-37,39-40,46,49,59H,4-6,8,11,13-15,17,22,24,26,29,32,34-35,38,41-45,47-48,50-58H2,1-3H3/b10-7-,12-9-,19-16-,21-18-,23-20-,27-25-,30-28-,33-31-,39-36-,40-37-,49-46-. The number of esters is 3. The van der Waals surface area contributed by atoms with Crippen molar-refractivity contribution in [3.05, 3.63) is 134 Å². The smallest absolute Gasteiger partial charge is 0.306 e. The summed E-state index contributed by atoms with van der Waals surface area (Å²) in [5.41, 5.74) is 0. The minimum Gasteiger partial charge on any atom is -0.462 e. The summed E-state index contributed by atoms with van der Waals surface area (Å²) >= 11 is 0. The van der Waals surface area contributed by atoms with Crippen LogP contribution in [0.2, 0.25) is 0 Å². The molecule has 6 nitrogen and oxygen atoms in total. The quantitative estimate of drug-likeness (QED) is 0.0262. The van der Waals surface area contributed by atoms with Crippen LogP contribution < -0.4 is 0 Å². The topological polar surface area (TPSA) is 78.9 Å². The Morgan fingerprint density at radius 1 is 0.309 bits per heavy atom. The number of hydrogen-bond donors (Lipinski definition) is 0. The van der Waals surface area contributed by atoms with Crippen LogP contribution in [0.3, 0.4) is 0 Å². The van der Waals surface area contributed by atoms with E-state index in [9.17, 15) is 14.4 Å². The van der Waals surface area contributed by atoms with Crippen LogP contribution in [0.4, 0.5) is 0 Å². The monoisotopic (exact) mass is 939 g/mol. The summed E-state index contributed by atoms with van der Waals surface area (Å²) in [7, 11) is 0. The number of hydrogen-bond acceptors (Lipinski definition) is 6. The lowest BCUT2D eigenvalue weighted by molar-refractivity contribution is -0.166. The lowest BCUT2D eigenvalue weighted by Gasteiger charge is -2.18. The summed E-state index contributed by atoms with van der Waals surface area (Å²) in [4.78, 5) is 38.0. The van der Waals surface area contributed by atoms with Crippen LogP contribution in [-0.4, -0.2) is 37.2 Å². The molecule has 0 saturated heterocycles.